The molecular formula is C14H24FN3O. The summed E-state index contributed by atoms with van der Waals surface area (Å²) < 4.78 is 19.7. The molecule has 0 atom stereocenters. The van der Waals surface area contributed by atoms with Crippen LogP contribution >= 0.6 is 0 Å². The molecule has 0 aromatic carbocycles. The number of halogens is 1. The van der Waals surface area contributed by atoms with Crippen molar-refractivity contribution in [3.05, 3.63) is 23.6 Å². The molecule has 108 valence electrons. The minimum Gasteiger partial charge on any atom is -0.474 e. The summed E-state index contributed by atoms with van der Waals surface area (Å²) in [7, 11) is 3.93. The Labute approximate surface area is 115 Å². The zero-order valence-corrected chi connectivity index (χ0v) is 12.5. The lowest BCUT2D eigenvalue weighted by Crippen LogP contribution is -2.43. The molecule has 1 aromatic rings. The molecular weight excluding hydrogens is 245 g/mol. The van der Waals surface area contributed by atoms with Gasteiger partial charge in [0.2, 0.25) is 0 Å². The topological polar surface area (TPSA) is 37.4 Å². The third kappa shape index (κ3) is 4.44. The summed E-state index contributed by atoms with van der Waals surface area (Å²) >= 11 is 0. The van der Waals surface area contributed by atoms with Crippen LogP contribution in [0.2, 0.25) is 0 Å². The molecule has 0 fully saturated rings. The quantitative estimate of drug-likeness (QED) is 0.822. The lowest BCUT2D eigenvalue weighted by molar-refractivity contribution is 0.108. The Hall–Kier alpha value is -1.20. The van der Waals surface area contributed by atoms with Gasteiger partial charge in [0.1, 0.15) is 6.61 Å². The highest BCUT2D eigenvalue weighted by Crippen LogP contribution is 2.19. The molecule has 0 spiro atoms. The van der Waals surface area contributed by atoms with Crippen LogP contribution in [0.25, 0.3) is 0 Å². The summed E-state index contributed by atoms with van der Waals surface area (Å²) in [6, 6.07) is 1.67. The molecule has 1 rings (SSSR count). The van der Waals surface area contributed by atoms with Crippen LogP contribution in [0.1, 0.15) is 26.3 Å². The molecule has 1 aromatic heterocycles. The van der Waals surface area contributed by atoms with Crippen LogP contribution in [-0.4, -0.2) is 42.7 Å². The van der Waals surface area contributed by atoms with Crippen molar-refractivity contribution < 1.29 is 9.13 Å². The highest BCUT2D eigenvalue weighted by molar-refractivity contribution is 5.23. The SMILES string of the molecule is CCNCc1ccnc(OCC(C)(C)N(C)C)c1F. The first kappa shape index (κ1) is 15.9. The van der Waals surface area contributed by atoms with E-state index in [4.69, 9.17) is 4.74 Å². The standard InChI is InChI=1S/C14H24FN3O/c1-6-16-9-11-7-8-17-13(12(11)15)19-10-14(2,3)18(4)5/h7-8,16H,6,9-10H2,1-5H3. The number of aromatic nitrogens is 1. The minimum absolute atomic E-state index is 0.0744. The highest BCUT2D eigenvalue weighted by Gasteiger charge is 2.22. The lowest BCUT2D eigenvalue weighted by Gasteiger charge is -2.31. The van der Waals surface area contributed by atoms with E-state index in [1.807, 2.05) is 39.8 Å². The van der Waals surface area contributed by atoms with Gasteiger partial charge in [0.05, 0.1) is 0 Å². The van der Waals surface area contributed by atoms with Crippen molar-refractivity contribution in [2.45, 2.75) is 32.9 Å². The number of rotatable bonds is 7. The van der Waals surface area contributed by atoms with Gasteiger partial charge in [-0.15, -0.1) is 0 Å². The summed E-state index contributed by atoms with van der Waals surface area (Å²) in [5, 5.41) is 3.09. The maximum Gasteiger partial charge on any atom is 0.250 e. The second-order valence-corrected chi connectivity index (χ2v) is 5.37. The van der Waals surface area contributed by atoms with Crippen LogP contribution in [0.4, 0.5) is 4.39 Å². The van der Waals surface area contributed by atoms with E-state index in [0.717, 1.165) is 6.54 Å². The van der Waals surface area contributed by atoms with Crippen molar-refractivity contribution in [1.82, 2.24) is 15.2 Å². The molecule has 0 amide bonds. The van der Waals surface area contributed by atoms with Crippen LogP contribution in [0.3, 0.4) is 0 Å². The van der Waals surface area contributed by atoms with Gasteiger partial charge in [-0.3, -0.25) is 0 Å². The third-order valence-corrected chi connectivity index (χ3v) is 3.28. The van der Waals surface area contributed by atoms with E-state index in [1.165, 1.54) is 0 Å². The van der Waals surface area contributed by atoms with Crippen molar-refractivity contribution >= 4 is 0 Å². The van der Waals surface area contributed by atoms with Crippen LogP contribution in [0.5, 0.6) is 5.88 Å². The van der Waals surface area contributed by atoms with E-state index >= 15 is 0 Å². The largest absolute Gasteiger partial charge is 0.474 e. The maximum atomic E-state index is 14.1. The van der Waals surface area contributed by atoms with Crippen molar-refractivity contribution in [2.24, 2.45) is 0 Å². The maximum absolute atomic E-state index is 14.1. The fourth-order valence-electron chi connectivity index (χ4n) is 1.33. The molecule has 4 nitrogen and oxygen atoms in total. The van der Waals surface area contributed by atoms with Gasteiger partial charge in [0, 0.05) is 23.8 Å². The fraction of sp³-hybridized carbons (Fsp3) is 0.643. The zero-order chi connectivity index (χ0) is 14.5. The summed E-state index contributed by atoms with van der Waals surface area (Å²) in [6.45, 7) is 7.72. The van der Waals surface area contributed by atoms with Crippen LogP contribution in [-0.2, 0) is 6.54 Å². The van der Waals surface area contributed by atoms with Crippen LogP contribution in [0.15, 0.2) is 12.3 Å². The van der Waals surface area contributed by atoms with E-state index in [2.05, 4.69) is 10.3 Å². The summed E-state index contributed by atoms with van der Waals surface area (Å²) in [6.07, 6.45) is 1.58. The van der Waals surface area contributed by atoms with Crippen molar-refractivity contribution in [3.8, 4) is 5.88 Å². The molecule has 0 aliphatic rings. The predicted octanol–water partition coefficient (Wildman–Crippen LogP) is 2.05. The lowest BCUT2D eigenvalue weighted by atomic mass is 10.1. The molecule has 19 heavy (non-hydrogen) atoms. The summed E-state index contributed by atoms with van der Waals surface area (Å²) in [5.74, 6) is -0.302. The molecule has 0 aliphatic heterocycles. The van der Waals surface area contributed by atoms with E-state index < -0.39 is 0 Å². The number of hydrogen-bond donors (Lipinski definition) is 1. The number of likely N-dealkylation sites (N-methyl/N-ethyl adjacent to an activating group) is 1. The molecule has 1 N–H and O–H groups in total. The number of nitrogens with one attached hydrogen (secondary N) is 1. The molecule has 0 saturated heterocycles. The van der Waals surface area contributed by atoms with Crippen molar-refractivity contribution in [1.29, 1.82) is 0 Å². The van der Waals surface area contributed by atoms with Gasteiger partial charge < -0.3 is 15.0 Å². The van der Waals surface area contributed by atoms with Gasteiger partial charge in [-0.1, -0.05) is 6.92 Å². The minimum atomic E-state index is -0.377. The molecule has 0 radical (unpaired) electrons. The Morgan fingerprint density at radius 3 is 2.68 bits per heavy atom. The van der Waals surface area contributed by atoms with Gasteiger partial charge in [0.15, 0.2) is 5.82 Å². The first-order chi connectivity index (χ1) is 8.88. The third-order valence-electron chi connectivity index (χ3n) is 3.28. The highest BCUT2D eigenvalue weighted by atomic mass is 19.1. The first-order valence-electron chi connectivity index (χ1n) is 6.52. The second-order valence-electron chi connectivity index (χ2n) is 5.37. The Morgan fingerprint density at radius 2 is 2.11 bits per heavy atom. The average molecular weight is 269 g/mol. The Morgan fingerprint density at radius 1 is 1.42 bits per heavy atom. The van der Waals surface area contributed by atoms with Crippen LogP contribution < -0.4 is 10.1 Å². The Kier molecular flexibility index (Phi) is 5.69. The van der Waals surface area contributed by atoms with E-state index in [0.29, 0.717) is 18.7 Å². The molecule has 0 saturated carbocycles. The normalized spacial score (nSPS) is 11.9. The fourth-order valence-corrected chi connectivity index (χ4v) is 1.33. The zero-order valence-electron chi connectivity index (χ0n) is 12.5. The number of pyridine rings is 1. The summed E-state index contributed by atoms with van der Waals surface area (Å²) in [5.41, 5.74) is 0.403. The van der Waals surface area contributed by atoms with Crippen molar-refractivity contribution in [2.75, 3.05) is 27.2 Å². The second kappa shape index (κ2) is 6.82. The molecule has 1 heterocycles. The Bertz CT molecular complexity index is 408. The van der Waals surface area contributed by atoms with Gasteiger partial charge in [0.25, 0.3) is 5.88 Å². The van der Waals surface area contributed by atoms with Gasteiger partial charge in [-0.25, -0.2) is 9.37 Å². The van der Waals surface area contributed by atoms with Gasteiger partial charge in [-0.2, -0.15) is 0 Å². The smallest absolute Gasteiger partial charge is 0.250 e. The van der Waals surface area contributed by atoms with Gasteiger partial charge in [-0.05, 0) is 40.6 Å². The molecule has 0 bridgehead atoms. The van der Waals surface area contributed by atoms with E-state index in [9.17, 15) is 4.39 Å². The monoisotopic (exact) mass is 269 g/mol. The number of ether oxygens (including phenoxy) is 1. The summed E-state index contributed by atoms with van der Waals surface area (Å²) in [4.78, 5) is 6.00. The van der Waals surface area contributed by atoms with Crippen molar-refractivity contribution in [3.63, 3.8) is 0 Å². The van der Waals surface area contributed by atoms with Gasteiger partial charge >= 0.3 is 0 Å². The number of hydrogen-bond acceptors (Lipinski definition) is 4. The average Bonchev–Trinajstić information content (AvgIpc) is 2.36. The van der Waals surface area contributed by atoms with Crippen LogP contribution in [0, 0.1) is 5.82 Å². The molecule has 0 aliphatic carbocycles. The number of nitrogens with zero attached hydrogens (tertiary/aromatic N) is 2. The predicted molar refractivity (Wildman–Crippen MR) is 74.8 cm³/mol. The molecule has 0 unspecified atom stereocenters. The molecule has 5 heteroatoms. The van der Waals surface area contributed by atoms with E-state index in [1.54, 1.807) is 12.3 Å². The Balaban J connectivity index is 2.74. The van der Waals surface area contributed by atoms with E-state index in [-0.39, 0.29) is 17.2 Å². The first-order valence-corrected chi connectivity index (χ1v) is 6.52.